The van der Waals surface area contributed by atoms with Crippen LogP contribution < -0.4 is 0 Å². The fraction of sp³-hybridized carbons (Fsp3) is 0.600. The topological polar surface area (TPSA) is 20.2 Å². The first-order chi connectivity index (χ1) is 8.15. The molecule has 1 atom stereocenters. The molecule has 1 nitrogen and oxygen atoms in total. The van der Waals surface area contributed by atoms with E-state index in [2.05, 4.69) is 6.92 Å². The Morgan fingerprint density at radius 3 is 2.53 bits per heavy atom. The van der Waals surface area contributed by atoms with Crippen LogP contribution in [-0.2, 0) is 0 Å². The van der Waals surface area contributed by atoms with E-state index in [4.69, 9.17) is 0 Å². The second-order valence-corrected chi connectivity index (χ2v) is 4.73. The summed E-state index contributed by atoms with van der Waals surface area (Å²) in [6.07, 6.45) is 6.08. The number of rotatable bonds is 7. The molecule has 96 valence electrons. The van der Waals surface area contributed by atoms with Crippen molar-refractivity contribution >= 4 is 0 Å². The number of aliphatic hydroxyl groups is 1. The van der Waals surface area contributed by atoms with Gasteiger partial charge in [0.1, 0.15) is 5.82 Å². The molecule has 1 aromatic carbocycles. The van der Waals surface area contributed by atoms with Crippen LogP contribution in [0.3, 0.4) is 0 Å². The maximum Gasteiger partial charge on any atom is 0.126 e. The molecule has 2 heteroatoms. The Labute approximate surface area is 104 Å². The van der Waals surface area contributed by atoms with Gasteiger partial charge in [-0.25, -0.2) is 4.39 Å². The molecule has 0 spiro atoms. The first kappa shape index (κ1) is 14.2. The molecule has 0 bridgehead atoms. The summed E-state index contributed by atoms with van der Waals surface area (Å²) in [4.78, 5) is 0. The van der Waals surface area contributed by atoms with Crippen molar-refractivity contribution in [2.75, 3.05) is 0 Å². The van der Waals surface area contributed by atoms with Crippen LogP contribution >= 0.6 is 0 Å². The van der Waals surface area contributed by atoms with Gasteiger partial charge < -0.3 is 5.11 Å². The van der Waals surface area contributed by atoms with Gasteiger partial charge in [-0.1, -0.05) is 51.2 Å². The SMILES string of the molecule is CCCCCCCC(O)c1ccc(C)c(F)c1. The number of halogens is 1. The van der Waals surface area contributed by atoms with Crippen molar-refractivity contribution < 1.29 is 9.50 Å². The number of aliphatic hydroxyl groups excluding tert-OH is 1. The molecule has 1 aromatic rings. The molecule has 1 unspecified atom stereocenters. The van der Waals surface area contributed by atoms with E-state index in [0.717, 1.165) is 19.3 Å². The summed E-state index contributed by atoms with van der Waals surface area (Å²) in [5.74, 6) is -0.229. The minimum absolute atomic E-state index is 0.229. The van der Waals surface area contributed by atoms with Gasteiger partial charge in [0.25, 0.3) is 0 Å². The minimum atomic E-state index is -0.522. The van der Waals surface area contributed by atoms with Crippen molar-refractivity contribution in [2.24, 2.45) is 0 Å². The molecule has 0 fully saturated rings. The fourth-order valence-electron chi connectivity index (χ4n) is 1.92. The first-order valence-corrected chi connectivity index (χ1v) is 6.59. The van der Waals surface area contributed by atoms with Gasteiger partial charge in [-0.2, -0.15) is 0 Å². The summed E-state index contributed by atoms with van der Waals surface area (Å²) in [7, 11) is 0. The van der Waals surface area contributed by atoms with E-state index in [1.807, 2.05) is 6.07 Å². The predicted molar refractivity (Wildman–Crippen MR) is 69.5 cm³/mol. The van der Waals surface area contributed by atoms with Crippen molar-refractivity contribution in [2.45, 2.75) is 58.5 Å². The average molecular weight is 238 g/mol. The Morgan fingerprint density at radius 1 is 1.18 bits per heavy atom. The van der Waals surface area contributed by atoms with E-state index >= 15 is 0 Å². The quantitative estimate of drug-likeness (QED) is 0.692. The number of hydrogen-bond acceptors (Lipinski definition) is 1. The van der Waals surface area contributed by atoms with Crippen molar-refractivity contribution in [1.82, 2.24) is 0 Å². The van der Waals surface area contributed by atoms with Crippen LogP contribution in [-0.4, -0.2) is 5.11 Å². The number of benzene rings is 1. The van der Waals surface area contributed by atoms with Crippen LogP contribution in [0.1, 0.15) is 62.7 Å². The van der Waals surface area contributed by atoms with E-state index < -0.39 is 6.10 Å². The Kier molecular flexibility index (Phi) is 6.20. The summed E-state index contributed by atoms with van der Waals surface area (Å²) in [6, 6.07) is 4.99. The summed E-state index contributed by atoms with van der Waals surface area (Å²) < 4.78 is 13.3. The fourth-order valence-corrected chi connectivity index (χ4v) is 1.92. The lowest BCUT2D eigenvalue weighted by atomic mass is 10.0. The highest BCUT2D eigenvalue weighted by Gasteiger charge is 2.09. The summed E-state index contributed by atoms with van der Waals surface area (Å²) in [5.41, 5.74) is 1.33. The van der Waals surface area contributed by atoms with Gasteiger partial charge in [0.05, 0.1) is 6.10 Å². The van der Waals surface area contributed by atoms with Gasteiger partial charge >= 0.3 is 0 Å². The summed E-state index contributed by atoms with van der Waals surface area (Å²) >= 11 is 0. The molecule has 0 saturated heterocycles. The van der Waals surface area contributed by atoms with Gasteiger partial charge in [-0.05, 0) is 30.5 Å². The van der Waals surface area contributed by atoms with Crippen molar-refractivity contribution in [1.29, 1.82) is 0 Å². The third-order valence-electron chi connectivity index (χ3n) is 3.16. The Morgan fingerprint density at radius 2 is 1.88 bits per heavy atom. The third kappa shape index (κ3) is 4.86. The van der Waals surface area contributed by atoms with Crippen LogP contribution in [0, 0.1) is 12.7 Å². The zero-order valence-electron chi connectivity index (χ0n) is 10.9. The smallest absolute Gasteiger partial charge is 0.126 e. The summed E-state index contributed by atoms with van der Waals surface area (Å²) in [5, 5.41) is 9.93. The molecule has 0 radical (unpaired) electrons. The van der Waals surface area contributed by atoms with Crippen LogP contribution in [0.25, 0.3) is 0 Å². The Hall–Kier alpha value is -0.890. The van der Waals surface area contributed by atoms with E-state index in [9.17, 15) is 9.50 Å². The molecule has 0 saturated carbocycles. The second-order valence-electron chi connectivity index (χ2n) is 4.73. The highest BCUT2D eigenvalue weighted by Crippen LogP contribution is 2.22. The molecule has 0 heterocycles. The summed E-state index contributed by atoms with van der Waals surface area (Å²) in [6.45, 7) is 3.92. The van der Waals surface area contributed by atoms with Crippen molar-refractivity contribution in [3.8, 4) is 0 Å². The van der Waals surface area contributed by atoms with Gasteiger partial charge in [-0.15, -0.1) is 0 Å². The van der Waals surface area contributed by atoms with Crippen LogP contribution in [0.5, 0.6) is 0 Å². The standard InChI is InChI=1S/C15H23FO/c1-3-4-5-6-7-8-15(17)13-10-9-12(2)14(16)11-13/h9-11,15,17H,3-8H2,1-2H3. The van der Waals surface area contributed by atoms with E-state index in [1.54, 1.807) is 13.0 Å². The zero-order valence-corrected chi connectivity index (χ0v) is 10.9. The lowest BCUT2D eigenvalue weighted by Crippen LogP contribution is -1.99. The highest BCUT2D eigenvalue weighted by atomic mass is 19.1. The van der Waals surface area contributed by atoms with E-state index in [0.29, 0.717) is 11.1 Å². The van der Waals surface area contributed by atoms with Gasteiger partial charge in [0, 0.05) is 0 Å². The third-order valence-corrected chi connectivity index (χ3v) is 3.16. The van der Waals surface area contributed by atoms with Crippen molar-refractivity contribution in [3.05, 3.63) is 35.1 Å². The molecular weight excluding hydrogens is 215 g/mol. The molecule has 0 aliphatic heterocycles. The molecule has 1 N–H and O–H groups in total. The predicted octanol–water partition coefficient (Wildman–Crippen LogP) is 4.53. The second kappa shape index (κ2) is 7.44. The van der Waals surface area contributed by atoms with Gasteiger partial charge in [-0.3, -0.25) is 0 Å². The first-order valence-electron chi connectivity index (χ1n) is 6.59. The van der Waals surface area contributed by atoms with Crippen molar-refractivity contribution in [3.63, 3.8) is 0 Å². The maximum absolute atomic E-state index is 13.3. The van der Waals surface area contributed by atoms with E-state index in [1.165, 1.54) is 25.3 Å². The Bertz CT molecular complexity index is 336. The normalized spacial score (nSPS) is 12.7. The number of unbranched alkanes of at least 4 members (excludes halogenated alkanes) is 4. The molecular formula is C15H23FO. The van der Waals surface area contributed by atoms with Crippen LogP contribution in [0.4, 0.5) is 4.39 Å². The van der Waals surface area contributed by atoms with Gasteiger partial charge in [0.15, 0.2) is 0 Å². The average Bonchev–Trinajstić information content (AvgIpc) is 2.32. The van der Waals surface area contributed by atoms with Gasteiger partial charge in [0.2, 0.25) is 0 Å². The molecule has 1 rings (SSSR count). The molecule has 0 aromatic heterocycles. The molecule has 0 amide bonds. The molecule has 0 aliphatic rings. The number of hydrogen-bond donors (Lipinski definition) is 1. The maximum atomic E-state index is 13.3. The van der Waals surface area contributed by atoms with Crippen LogP contribution in [0.2, 0.25) is 0 Å². The van der Waals surface area contributed by atoms with E-state index in [-0.39, 0.29) is 5.82 Å². The highest BCUT2D eigenvalue weighted by molar-refractivity contribution is 5.24. The molecule has 0 aliphatic carbocycles. The number of aryl methyl sites for hydroxylation is 1. The lowest BCUT2D eigenvalue weighted by Gasteiger charge is -2.11. The Balaban J connectivity index is 2.36. The minimum Gasteiger partial charge on any atom is -0.388 e. The molecule has 17 heavy (non-hydrogen) atoms. The lowest BCUT2D eigenvalue weighted by molar-refractivity contribution is 0.163. The monoisotopic (exact) mass is 238 g/mol. The zero-order chi connectivity index (χ0) is 12.7. The largest absolute Gasteiger partial charge is 0.388 e. The van der Waals surface area contributed by atoms with Crippen LogP contribution in [0.15, 0.2) is 18.2 Å².